The second-order valence-corrected chi connectivity index (χ2v) is 6.56. The molecule has 0 spiro atoms. The number of rotatable bonds is 4. The fourth-order valence-electron chi connectivity index (χ4n) is 3.70. The van der Waals surface area contributed by atoms with E-state index in [1.54, 1.807) is 0 Å². The Kier molecular flexibility index (Phi) is 4.73. The lowest BCUT2D eigenvalue weighted by atomic mass is 9.74. The van der Waals surface area contributed by atoms with Crippen molar-refractivity contribution in [1.82, 2.24) is 0 Å². The SMILES string of the molecule is O=[N+]([O-])c1ccc(N/N=C2/C[C@H]3CCCC[C@H]2CC3)c([N+](=O)[O-])c1. The van der Waals surface area contributed by atoms with Gasteiger partial charge in [-0.25, -0.2) is 0 Å². The standard InChI is InChI=1S/C16H20N4O4/c21-19(22)13-7-8-14(16(10-13)20(23)24)17-18-15-9-11-3-1-2-4-12(15)6-5-11/h7-8,10-12,17H,1-6,9H2/b18-15-/t11-,12-/m0/s1. The van der Waals surface area contributed by atoms with Gasteiger partial charge < -0.3 is 0 Å². The van der Waals surface area contributed by atoms with Crippen LogP contribution in [-0.2, 0) is 0 Å². The number of hydrogen-bond acceptors (Lipinski definition) is 6. The third kappa shape index (κ3) is 3.52. The van der Waals surface area contributed by atoms with Crippen molar-refractivity contribution in [2.45, 2.75) is 44.9 Å². The Morgan fingerprint density at radius 3 is 2.58 bits per heavy atom. The second kappa shape index (κ2) is 6.94. The van der Waals surface area contributed by atoms with E-state index in [0.29, 0.717) is 11.8 Å². The minimum atomic E-state index is -0.642. The number of nitro groups is 2. The average molecular weight is 332 g/mol. The summed E-state index contributed by atoms with van der Waals surface area (Å²) in [5.74, 6) is 1.11. The number of nitrogens with one attached hydrogen (secondary N) is 1. The first kappa shape index (κ1) is 16.4. The molecule has 0 aromatic heterocycles. The molecular weight excluding hydrogens is 312 g/mol. The summed E-state index contributed by atoms with van der Waals surface area (Å²) in [6.07, 6.45) is 8.14. The van der Waals surface area contributed by atoms with Crippen molar-refractivity contribution in [3.8, 4) is 0 Å². The van der Waals surface area contributed by atoms with E-state index < -0.39 is 9.85 Å². The Balaban J connectivity index is 1.82. The number of fused-ring (bicyclic) bond motifs is 5. The van der Waals surface area contributed by atoms with Crippen molar-refractivity contribution in [3.05, 3.63) is 38.4 Å². The molecule has 0 heterocycles. The van der Waals surface area contributed by atoms with Crippen LogP contribution < -0.4 is 5.43 Å². The lowest BCUT2D eigenvalue weighted by molar-refractivity contribution is -0.393. The van der Waals surface area contributed by atoms with E-state index in [4.69, 9.17) is 0 Å². The van der Waals surface area contributed by atoms with Gasteiger partial charge in [0, 0.05) is 11.8 Å². The molecule has 2 atom stereocenters. The quantitative estimate of drug-likeness (QED) is 0.654. The third-order valence-electron chi connectivity index (χ3n) is 5.02. The van der Waals surface area contributed by atoms with Crippen molar-refractivity contribution >= 4 is 22.8 Å². The van der Waals surface area contributed by atoms with E-state index in [9.17, 15) is 20.2 Å². The molecule has 3 aliphatic rings. The highest BCUT2D eigenvalue weighted by molar-refractivity contribution is 5.88. The molecular formula is C16H20N4O4. The van der Waals surface area contributed by atoms with Gasteiger partial charge in [-0.15, -0.1) is 0 Å². The minimum absolute atomic E-state index is 0.191. The summed E-state index contributed by atoms with van der Waals surface area (Å²) in [6.45, 7) is 0. The largest absolute Gasteiger partial charge is 0.301 e. The lowest BCUT2D eigenvalue weighted by Gasteiger charge is -2.33. The maximum absolute atomic E-state index is 11.2. The van der Waals surface area contributed by atoms with Gasteiger partial charge in [0.1, 0.15) is 5.69 Å². The van der Waals surface area contributed by atoms with Crippen LogP contribution in [0.4, 0.5) is 17.1 Å². The zero-order valence-corrected chi connectivity index (χ0v) is 13.3. The number of non-ortho nitro benzene ring substituents is 1. The topological polar surface area (TPSA) is 111 Å². The molecule has 1 aromatic rings. The second-order valence-electron chi connectivity index (χ2n) is 6.56. The van der Waals surface area contributed by atoms with Crippen LogP contribution in [0.3, 0.4) is 0 Å². The zero-order chi connectivity index (χ0) is 17.1. The van der Waals surface area contributed by atoms with E-state index in [-0.39, 0.29) is 17.1 Å². The summed E-state index contributed by atoms with van der Waals surface area (Å²) in [5, 5.41) is 26.4. The van der Waals surface area contributed by atoms with Crippen LogP contribution >= 0.6 is 0 Å². The summed E-state index contributed by atoms with van der Waals surface area (Å²) in [4.78, 5) is 20.7. The predicted octanol–water partition coefficient (Wildman–Crippen LogP) is 4.26. The first-order valence-corrected chi connectivity index (χ1v) is 8.30. The summed E-state index contributed by atoms with van der Waals surface area (Å²) < 4.78 is 0. The fourth-order valence-corrected chi connectivity index (χ4v) is 3.70. The molecule has 0 amide bonds. The van der Waals surface area contributed by atoms with Crippen LogP contribution in [0.2, 0.25) is 0 Å². The number of nitrogens with zero attached hydrogens (tertiary/aromatic N) is 3. The Morgan fingerprint density at radius 1 is 1.04 bits per heavy atom. The van der Waals surface area contributed by atoms with Gasteiger partial charge >= 0.3 is 5.69 Å². The maximum atomic E-state index is 11.2. The van der Waals surface area contributed by atoms with Crippen LogP contribution in [0.15, 0.2) is 23.3 Å². The summed E-state index contributed by atoms with van der Waals surface area (Å²) in [5.41, 5.74) is 3.43. The van der Waals surface area contributed by atoms with Gasteiger partial charge in [-0.3, -0.25) is 25.7 Å². The Bertz CT molecular complexity index is 685. The molecule has 1 aromatic carbocycles. The minimum Gasteiger partial charge on any atom is -0.272 e. The highest BCUT2D eigenvalue weighted by Crippen LogP contribution is 2.36. The molecule has 1 N–H and O–H groups in total. The molecule has 128 valence electrons. The van der Waals surface area contributed by atoms with E-state index in [1.807, 2.05) is 0 Å². The van der Waals surface area contributed by atoms with Crippen LogP contribution in [0.1, 0.15) is 44.9 Å². The molecule has 2 bridgehead atoms. The summed E-state index contributed by atoms with van der Waals surface area (Å²) in [6, 6.07) is 3.56. The Labute approximate surface area is 139 Å². The monoisotopic (exact) mass is 332 g/mol. The van der Waals surface area contributed by atoms with Gasteiger partial charge in [0.2, 0.25) is 0 Å². The van der Waals surface area contributed by atoms with E-state index in [0.717, 1.165) is 31.0 Å². The number of hydrogen-bond donors (Lipinski definition) is 1. The third-order valence-corrected chi connectivity index (χ3v) is 5.02. The van der Waals surface area contributed by atoms with Gasteiger partial charge in [-0.05, 0) is 43.6 Å². The molecule has 3 saturated carbocycles. The maximum Gasteiger partial charge on any atom is 0.301 e. The normalized spacial score (nSPS) is 25.1. The van der Waals surface area contributed by atoms with E-state index in [2.05, 4.69) is 10.5 Å². The molecule has 24 heavy (non-hydrogen) atoms. The van der Waals surface area contributed by atoms with Gasteiger partial charge in [-0.2, -0.15) is 5.10 Å². The molecule has 3 fully saturated rings. The molecule has 3 aliphatic carbocycles. The van der Waals surface area contributed by atoms with Crippen molar-refractivity contribution < 1.29 is 9.85 Å². The van der Waals surface area contributed by atoms with Crippen molar-refractivity contribution in [2.75, 3.05) is 5.43 Å². The zero-order valence-electron chi connectivity index (χ0n) is 13.3. The van der Waals surface area contributed by atoms with Crippen LogP contribution in [0.25, 0.3) is 0 Å². The van der Waals surface area contributed by atoms with Gasteiger partial charge in [0.25, 0.3) is 5.69 Å². The van der Waals surface area contributed by atoms with Gasteiger partial charge in [0.05, 0.1) is 15.9 Å². The van der Waals surface area contributed by atoms with Crippen LogP contribution in [0, 0.1) is 32.1 Å². The molecule has 0 unspecified atom stereocenters. The predicted molar refractivity (Wildman–Crippen MR) is 90.1 cm³/mol. The van der Waals surface area contributed by atoms with Crippen molar-refractivity contribution in [1.29, 1.82) is 0 Å². The number of benzene rings is 1. The summed E-state index contributed by atoms with van der Waals surface area (Å²) in [7, 11) is 0. The molecule has 0 radical (unpaired) electrons. The lowest BCUT2D eigenvalue weighted by Crippen LogP contribution is -2.28. The van der Waals surface area contributed by atoms with E-state index >= 15 is 0 Å². The molecule has 8 nitrogen and oxygen atoms in total. The van der Waals surface area contributed by atoms with Crippen molar-refractivity contribution in [3.63, 3.8) is 0 Å². The van der Waals surface area contributed by atoms with Crippen LogP contribution in [0.5, 0.6) is 0 Å². The number of anilines is 1. The van der Waals surface area contributed by atoms with Gasteiger partial charge in [0.15, 0.2) is 0 Å². The fraction of sp³-hybridized carbons (Fsp3) is 0.562. The number of nitro benzene ring substituents is 2. The molecule has 4 rings (SSSR count). The average Bonchev–Trinajstić information content (AvgIpc) is 2.53. The van der Waals surface area contributed by atoms with Crippen LogP contribution in [-0.4, -0.2) is 15.6 Å². The highest BCUT2D eigenvalue weighted by Gasteiger charge is 2.29. The van der Waals surface area contributed by atoms with Gasteiger partial charge in [-0.1, -0.05) is 19.3 Å². The first-order chi connectivity index (χ1) is 11.5. The highest BCUT2D eigenvalue weighted by atomic mass is 16.6. The first-order valence-electron chi connectivity index (χ1n) is 8.30. The van der Waals surface area contributed by atoms with Crippen molar-refractivity contribution in [2.24, 2.45) is 16.9 Å². The molecule has 0 aliphatic heterocycles. The Hall–Kier alpha value is -2.51. The molecule has 8 heteroatoms. The Morgan fingerprint density at radius 2 is 1.83 bits per heavy atom. The molecule has 0 saturated heterocycles. The van der Waals surface area contributed by atoms with E-state index in [1.165, 1.54) is 37.8 Å². The smallest absolute Gasteiger partial charge is 0.272 e. The summed E-state index contributed by atoms with van der Waals surface area (Å²) >= 11 is 0. The number of hydrazone groups is 1.